The fourth-order valence-electron chi connectivity index (χ4n) is 7.87. The van der Waals surface area contributed by atoms with E-state index in [1.165, 1.54) is 71.3 Å². The van der Waals surface area contributed by atoms with E-state index in [-0.39, 0.29) is 0 Å². The third-order valence-corrected chi connectivity index (χ3v) is 10.1. The van der Waals surface area contributed by atoms with Gasteiger partial charge in [0.15, 0.2) is 0 Å². The Labute approximate surface area is 284 Å². The van der Waals surface area contributed by atoms with Gasteiger partial charge in [-0.25, -0.2) is 0 Å². The minimum absolute atomic E-state index is 0.910. The Balaban J connectivity index is 1.24. The van der Waals surface area contributed by atoms with Gasteiger partial charge in [-0.15, -0.1) is 0 Å². The largest absolute Gasteiger partial charge is 0.456 e. The fourth-order valence-corrected chi connectivity index (χ4v) is 7.87. The minimum Gasteiger partial charge on any atom is -0.456 e. The molecule has 0 aliphatic rings. The first-order valence-corrected chi connectivity index (χ1v) is 16.8. The molecule has 49 heavy (non-hydrogen) atoms. The molecule has 0 fully saturated rings. The van der Waals surface area contributed by atoms with Gasteiger partial charge in [0.2, 0.25) is 0 Å². The van der Waals surface area contributed by atoms with Crippen LogP contribution in [-0.4, -0.2) is 0 Å². The van der Waals surface area contributed by atoms with E-state index in [0.717, 1.165) is 27.5 Å². The van der Waals surface area contributed by atoms with Crippen molar-refractivity contribution in [1.29, 1.82) is 0 Å². The van der Waals surface area contributed by atoms with Crippen molar-refractivity contribution in [2.24, 2.45) is 0 Å². The van der Waals surface area contributed by atoms with Crippen LogP contribution in [0.4, 0.5) is 0 Å². The molecule has 0 radical (unpaired) electrons. The third-order valence-electron chi connectivity index (χ3n) is 10.1. The lowest BCUT2D eigenvalue weighted by Gasteiger charge is -2.19. The quantitative estimate of drug-likeness (QED) is 0.178. The molecular weight excluding hydrogens is 593 g/mol. The molecule has 0 unspecified atom stereocenters. The second-order valence-electron chi connectivity index (χ2n) is 12.8. The van der Waals surface area contributed by atoms with Gasteiger partial charge in [-0.05, 0) is 101 Å². The summed E-state index contributed by atoms with van der Waals surface area (Å²) in [7, 11) is 0. The lowest BCUT2D eigenvalue weighted by molar-refractivity contribution is 0.669. The number of hydrogen-bond donors (Lipinski definition) is 0. The predicted octanol–water partition coefficient (Wildman–Crippen LogP) is 13.7. The van der Waals surface area contributed by atoms with E-state index in [9.17, 15) is 0 Å². The van der Waals surface area contributed by atoms with Crippen LogP contribution in [0.25, 0.3) is 98.8 Å². The van der Waals surface area contributed by atoms with Crippen LogP contribution in [0, 0.1) is 0 Å². The molecule has 0 aliphatic heterocycles. The smallest absolute Gasteiger partial charge is 0.136 e. The summed E-state index contributed by atoms with van der Waals surface area (Å²) in [5.74, 6) is 0. The van der Waals surface area contributed by atoms with Crippen LogP contribution in [0.5, 0.6) is 0 Å². The average molecular weight is 623 g/mol. The lowest BCUT2D eigenvalue weighted by Crippen LogP contribution is -1.92. The maximum atomic E-state index is 6.36. The van der Waals surface area contributed by atoms with E-state index in [1.54, 1.807) is 0 Å². The molecular formula is C48H30O. The molecule has 10 rings (SSSR count). The molecule has 0 saturated heterocycles. The molecule has 1 aromatic heterocycles. The van der Waals surface area contributed by atoms with Crippen LogP contribution in [0.1, 0.15) is 0 Å². The molecule has 1 heterocycles. The molecule has 0 spiro atoms. The van der Waals surface area contributed by atoms with Crippen molar-refractivity contribution in [2.75, 3.05) is 0 Å². The zero-order valence-corrected chi connectivity index (χ0v) is 26.7. The van der Waals surface area contributed by atoms with E-state index < -0.39 is 0 Å². The van der Waals surface area contributed by atoms with Crippen molar-refractivity contribution >= 4 is 54.3 Å². The molecule has 0 saturated carbocycles. The second-order valence-corrected chi connectivity index (χ2v) is 12.8. The first-order chi connectivity index (χ1) is 24.3. The first kappa shape index (κ1) is 27.7. The summed E-state index contributed by atoms with van der Waals surface area (Å²) in [6.07, 6.45) is 0. The van der Waals surface area contributed by atoms with Crippen LogP contribution >= 0.6 is 0 Å². The van der Waals surface area contributed by atoms with Gasteiger partial charge in [-0.1, -0.05) is 158 Å². The van der Waals surface area contributed by atoms with Crippen LogP contribution in [0.2, 0.25) is 0 Å². The number of rotatable bonds is 4. The summed E-state index contributed by atoms with van der Waals surface area (Å²) in [6.45, 7) is 0. The van der Waals surface area contributed by atoms with Crippen molar-refractivity contribution in [2.45, 2.75) is 0 Å². The average Bonchev–Trinajstić information content (AvgIpc) is 3.55. The van der Waals surface area contributed by atoms with E-state index in [4.69, 9.17) is 4.42 Å². The maximum Gasteiger partial charge on any atom is 0.136 e. The SMILES string of the molecule is c1ccc(-c2ccccc2-c2ccc3cccc(-c4c5ccccc5c(-c5ccc6c(c5)oc5ccccc56)c5ccccc45)c3c2)cc1. The summed E-state index contributed by atoms with van der Waals surface area (Å²) in [6, 6.07) is 65.8. The number of fused-ring (bicyclic) bond motifs is 6. The highest BCUT2D eigenvalue weighted by molar-refractivity contribution is 6.24. The highest BCUT2D eigenvalue weighted by Gasteiger charge is 2.19. The highest BCUT2D eigenvalue weighted by atomic mass is 16.3. The first-order valence-electron chi connectivity index (χ1n) is 16.8. The molecule has 228 valence electrons. The Morgan fingerprint density at radius 2 is 0.816 bits per heavy atom. The van der Waals surface area contributed by atoms with E-state index in [2.05, 4.69) is 170 Å². The molecule has 0 aliphatic carbocycles. The minimum atomic E-state index is 0.910. The third kappa shape index (κ3) is 4.40. The van der Waals surface area contributed by atoms with Gasteiger partial charge in [0.25, 0.3) is 0 Å². The van der Waals surface area contributed by atoms with Gasteiger partial charge >= 0.3 is 0 Å². The molecule has 0 amide bonds. The normalized spacial score (nSPS) is 11.7. The number of para-hydroxylation sites is 1. The van der Waals surface area contributed by atoms with Crippen molar-refractivity contribution in [3.63, 3.8) is 0 Å². The van der Waals surface area contributed by atoms with Crippen molar-refractivity contribution in [1.82, 2.24) is 0 Å². The van der Waals surface area contributed by atoms with Gasteiger partial charge in [-0.2, -0.15) is 0 Å². The summed E-state index contributed by atoms with van der Waals surface area (Å²) in [5.41, 5.74) is 11.6. The zero-order valence-electron chi connectivity index (χ0n) is 26.7. The topological polar surface area (TPSA) is 13.1 Å². The van der Waals surface area contributed by atoms with Crippen LogP contribution in [-0.2, 0) is 0 Å². The van der Waals surface area contributed by atoms with Gasteiger partial charge in [0, 0.05) is 10.8 Å². The fraction of sp³-hybridized carbons (Fsp3) is 0. The Morgan fingerprint density at radius 1 is 0.265 bits per heavy atom. The predicted molar refractivity (Wildman–Crippen MR) is 208 cm³/mol. The molecule has 1 heteroatoms. The van der Waals surface area contributed by atoms with E-state index in [0.29, 0.717) is 0 Å². The Bertz CT molecular complexity index is 2820. The van der Waals surface area contributed by atoms with Crippen molar-refractivity contribution in [3.05, 3.63) is 182 Å². The Kier molecular flexibility index (Phi) is 6.25. The monoisotopic (exact) mass is 622 g/mol. The molecule has 9 aromatic carbocycles. The molecule has 10 aromatic rings. The Hall–Kier alpha value is -6.44. The number of hydrogen-bond acceptors (Lipinski definition) is 1. The molecule has 1 nitrogen and oxygen atoms in total. The van der Waals surface area contributed by atoms with E-state index in [1.807, 2.05) is 12.1 Å². The van der Waals surface area contributed by atoms with Crippen molar-refractivity contribution in [3.8, 4) is 44.5 Å². The summed E-state index contributed by atoms with van der Waals surface area (Å²) in [4.78, 5) is 0. The van der Waals surface area contributed by atoms with E-state index >= 15 is 0 Å². The van der Waals surface area contributed by atoms with Crippen molar-refractivity contribution < 1.29 is 4.42 Å². The second kappa shape index (κ2) is 11.1. The summed E-state index contributed by atoms with van der Waals surface area (Å²) in [5, 5.41) is 9.71. The Morgan fingerprint density at radius 3 is 1.55 bits per heavy atom. The van der Waals surface area contributed by atoms with Crippen LogP contribution in [0.15, 0.2) is 186 Å². The van der Waals surface area contributed by atoms with Crippen LogP contribution in [0.3, 0.4) is 0 Å². The highest BCUT2D eigenvalue weighted by Crippen LogP contribution is 2.46. The zero-order chi connectivity index (χ0) is 32.3. The maximum absolute atomic E-state index is 6.36. The van der Waals surface area contributed by atoms with Gasteiger partial charge in [0.05, 0.1) is 0 Å². The number of furan rings is 1. The molecule has 0 N–H and O–H groups in total. The molecule has 0 bridgehead atoms. The standard InChI is InChI=1S/C48H30O/c1-2-13-31(14-3-1)35-16-4-5-17-36(35)33-26-25-32-15-12-23-43(44(32)29-33)48-41-21-8-6-19-39(41)47(40-20-7-9-22-42(40)48)34-27-28-38-37-18-10-11-24-45(37)49-46(38)30-34/h1-30H. The lowest BCUT2D eigenvalue weighted by atomic mass is 9.84. The van der Waals surface area contributed by atoms with Crippen LogP contribution < -0.4 is 0 Å². The summed E-state index contributed by atoms with van der Waals surface area (Å²) >= 11 is 0. The van der Waals surface area contributed by atoms with Gasteiger partial charge in [-0.3, -0.25) is 0 Å². The molecule has 0 atom stereocenters. The summed E-state index contributed by atoms with van der Waals surface area (Å²) < 4.78 is 6.36. The number of benzene rings is 9. The van der Waals surface area contributed by atoms with Gasteiger partial charge < -0.3 is 4.42 Å². The van der Waals surface area contributed by atoms with Gasteiger partial charge in [0.1, 0.15) is 11.2 Å².